The van der Waals surface area contributed by atoms with Crippen molar-refractivity contribution in [3.8, 4) is 0 Å². The molecule has 4 aliphatic carbocycles. The average molecular weight is 333 g/mol. The summed E-state index contributed by atoms with van der Waals surface area (Å²) in [6.45, 7) is 15.8. The van der Waals surface area contributed by atoms with E-state index in [1.165, 1.54) is 32.1 Å². The van der Waals surface area contributed by atoms with Crippen molar-refractivity contribution in [3.05, 3.63) is 11.6 Å². The Balaban J connectivity index is 0.000000815. The zero-order chi connectivity index (χ0) is 17.9. The van der Waals surface area contributed by atoms with Crippen molar-refractivity contribution in [1.29, 1.82) is 0 Å². The molecular formula is C23H40O. The first-order valence-corrected chi connectivity index (χ1v) is 10.7. The molecule has 0 radical (unpaired) electrons. The zero-order valence-electron chi connectivity index (χ0n) is 17.2. The molecule has 0 amide bonds. The van der Waals surface area contributed by atoms with Crippen LogP contribution in [0.1, 0.15) is 87.0 Å². The third-order valence-electron chi connectivity index (χ3n) is 8.77. The summed E-state index contributed by atoms with van der Waals surface area (Å²) in [5.41, 5.74) is 1.87. The summed E-state index contributed by atoms with van der Waals surface area (Å²) >= 11 is 0. The first-order valence-electron chi connectivity index (χ1n) is 10.7. The summed E-state index contributed by atoms with van der Waals surface area (Å²) in [5.74, 6) is 3.44. The molecule has 0 heterocycles. The highest BCUT2D eigenvalue weighted by Gasteiger charge is 2.73. The molecule has 1 N–H and O–H groups in total. The molecule has 4 aliphatic rings. The Labute approximate surface area is 150 Å². The third-order valence-corrected chi connectivity index (χ3v) is 8.77. The van der Waals surface area contributed by atoms with Crippen LogP contribution in [-0.4, -0.2) is 10.7 Å². The van der Waals surface area contributed by atoms with Gasteiger partial charge in [0.25, 0.3) is 0 Å². The Kier molecular flexibility index (Phi) is 4.52. The highest BCUT2D eigenvalue weighted by atomic mass is 16.3. The number of hydrogen-bond acceptors (Lipinski definition) is 1. The van der Waals surface area contributed by atoms with Crippen molar-refractivity contribution in [2.24, 2.45) is 40.4 Å². The Morgan fingerprint density at radius 1 is 1.17 bits per heavy atom. The van der Waals surface area contributed by atoms with Crippen LogP contribution in [0.2, 0.25) is 0 Å². The van der Waals surface area contributed by atoms with Gasteiger partial charge in [0.05, 0.1) is 5.60 Å². The molecule has 0 saturated heterocycles. The Hall–Kier alpha value is -0.300. The molecule has 4 rings (SSSR count). The molecule has 5 unspecified atom stereocenters. The van der Waals surface area contributed by atoms with Gasteiger partial charge in [0.1, 0.15) is 0 Å². The maximum Gasteiger partial charge on any atom is 0.0714 e. The van der Waals surface area contributed by atoms with Crippen LogP contribution in [0.3, 0.4) is 0 Å². The second-order valence-corrected chi connectivity index (χ2v) is 9.92. The molecule has 7 atom stereocenters. The lowest BCUT2D eigenvalue weighted by Crippen LogP contribution is -2.57. The van der Waals surface area contributed by atoms with E-state index in [0.717, 1.165) is 24.2 Å². The fourth-order valence-corrected chi connectivity index (χ4v) is 7.29. The number of rotatable bonds is 1. The van der Waals surface area contributed by atoms with Crippen LogP contribution in [0.25, 0.3) is 0 Å². The zero-order valence-corrected chi connectivity index (χ0v) is 17.2. The van der Waals surface area contributed by atoms with E-state index in [9.17, 15) is 5.11 Å². The average Bonchev–Trinajstić information content (AvgIpc) is 3.27. The fraction of sp³-hybridized carbons (Fsp3) is 0.913. The lowest BCUT2D eigenvalue weighted by atomic mass is 9.48. The standard InChI is InChI=1S/C21H34O.C2H6/c1-13(2)21-12-16(21)11-18-17(20(21,5)22)7-6-15-10-14(3)8-9-19(15,18)4;1-2/h6,13-14,16-18,22H,7-12H2,1-5H3;1-2H3/t14-,16?,17?,18?,19?,20-,21?;/m0./s1. The summed E-state index contributed by atoms with van der Waals surface area (Å²) in [6, 6.07) is 0. The lowest BCUT2D eigenvalue weighted by molar-refractivity contribution is -0.153. The molecule has 3 fully saturated rings. The van der Waals surface area contributed by atoms with E-state index < -0.39 is 5.60 Å². The van der Waals surface area contributed by atoms with Gasteiger partial charge >= 0.3 is 0 Å². The predicted octanol–water partition coefficient (Wildman–Crippen LogP) is 6.22. The van der Waals surface area contributed by atoms with Crippen LogP contribution in [0.15, 0.2) is 11.6 Å². The van der Waals surface area contributed by atoms with Gasteiger partial charge in [-0.3, -0.25) is 0 Å². The first kappa shape index (κ1) is 18.5. The van der Waals surface area contributed by atoms with Crippen molar-refractivity contribution in [2.75, 3.05) is 0 Å². The number of fused-ring (bicyclic) bond motifs is 4. The van der Waals surface area contributed by atoms with Crippen LogP contribution in [-0.2, 0) is 0 Å². The minimum atomic E-state index is -0.469. The van der Waals surface area contributed by atoms with E-state index in [-0.39, 0.29) is 5.41 Å². The molecule has 138 valence electrons. The second kappa shape index (κ2) is 5.86. The van der Waals surface area contributed by atoms with Gasteiger partial charge in [-0.1, -0.05) is 53.2 Å². The van der Waals surface area contributed by atoms with Crippen molar-refractivity contribution in [1.82, 2.24) is 0 Å². The van der Waals surface area contributed by atoms with Crippen LogP contribution >= 0.6 is 0 Å². The van der Waals surface area contributed by atoms with Gasteiger partial charge in [-0.15, -0.1) is 0 Å². The molecule has 0 aliphatic heterocycles. The van der Waals surface area contributed by atoms with Crippen molar-refractivity contribution >= 4 is 0 Å². The summed E-state index contributed by atoms with van der Waals surface area (Å²) in [4.78, 5) is 0. The molecule has 0 aromatic rings. The molecule has 1 heteroatoms. The van der Waals surface area contributed by atoms with Crippen LogP contribution in [0, 0.1) is 40.4 Å². The maximum atomic E-state index is 11.6. The lowest BCUT2D eigenvalue weighted by Gasteiger charge is -2.59. The van der Waals surface area contributed by atoms with Crippen molar-refractivity contribution in [2.45, 2.75) is 92.6 Å². The molecule has 0 spiro atoms. The van der Waals surface area contributed by atoms with Gasteiger partial charge in [0.2, 0.25) is 0 Å². The SMILES string of the molecule is CC.CC(C)C12CC1CC1C(CC=C3C[C@@H](C)CCC31C)[C@]2(C)O. The van der Waals surface area contributed by atoms with Crippen molar-refractivity contribution < 1.29 is 5.11 Å². The first-order chi connectivity index (χ1) is 11.2. The van der Waals surface area contributed by atoms with Crippen LogP contribution in [0.4, 0.5) is 0 Å². The molecule has 3 saturated carbocycles. The topological polar surface area (TPSA) is 20.2 Å². The minimum Gasteiger partial charge on any atom is -0.389 e. The predicted molar refractivity (Wildman–Crippen MR) is 103 cm³/mol. The normalized spacial score (nSPS) is 52.3. The number of hydrogen-bond donors (Lipinski definition) is 1. The van der Waals surface area contributed by atoms with E-state index in [2.05, 4.69) is 40.7 Å². The van der Waals surface area contributed by atoms with E-state index >= 15 is 0 Å². The monoisotopic (exact) mass is 332 g/mol. The molecule has 24 heavy (non-hydrogen) atoms. The van der Waals surface area contributed by atoms with Crippen molar-refractivity contribution in [3.63, 3.8) is 0 Å². The highest BCUT2D eigenvalue weighted by Crippen LogP contribution is 2.75. The minimum absolute atomic E-state index is 0.220. The summed E-state index contributed by atoms with van der Waals surface area (Å²) in [6.07, 6.45) is 10.3. The second-order valence-electron chi connectivity index (χ2n) is 9.92. The molecule has 0 bridgehead atoms. The summed E-state index contributed by atoms with van der Waals surface area (Å²) in [7, 11) is 0. The maximum absolute atomic E-state index is 11.6. The van der Waals surface area contributed by atoms with Gasteiger partial charge in [0.15, 0.2) is 0 Å². The molecule has 0 aromatic heterocycles. The Bertz CT molecular complexity index is 516. The van der Waals surface area contributed by atoms with E-state index in [4.69, 9.17) is 0 Å². The van der Waals surface area contributed by atoms with Crippen LogP contribution < -0.4 is 0 Å². The number of allylic oxidation sites excluding steroid dienone is 2. The molecule has 1 nitrogen and oxygen atoms in total. The summed E-state index contributed by atoms with van der Waals surface area (Å²) in [5, 5.41) is 11.6. The van der Waals surface area contributed by atoms with E-state index in [1.54, 1.807) is 5.57 Å². The largest absolute Gasteiger partial charge is 0.389 e. The van der Waals surface area contributed by atoms with Gasteiger partial charge < -0.3 is 5.11 Å². The number of aliphatic hydroxyl groups is 1. The van der Waals surface area contributed by atoms with Gasteiger partial charge in [-0.2, -0.15) is 0 Å². The Morgan fingerprint density at radius 2 is 1.83 bits per heavy atom. The fourth-order valence-electron chi connectivity index (χ4n) is 7.29. The third kappa shape index (κ3) is 2.22. The summed E-state index contributed by atoms with van der Waals surface area (Å²) < 4.78 is 0. The Morgan fingerprint density at radius 3 is 2.46 bits per heavy atom. The smallest absolute Gasteiger partial charge is 0.0714 e. The van der Waals surface area contributed by atoms with Gasteiger partial charge in [-0.05, 0) is 80.5 Å². The van der Waals surface area contributed by atoms with E-state index in [0.29, 0.717) is 17.3 Å². The van der Waals surface area contributed by atoms with E-state index in [1.807, 2.05) is 13.8 Å². The highest BCUT2D eigenvalue weighted by molar-refractivity contribution is 5.30. The van der Waals surface area contributed by atoms with Gasteiger partial charge in [-0.25, -0.2) is 0 Å². The molecule has 0 aromatic carbocycles. The molecular weight excluding hydrogens is 292 g/mol. The quantitative estimate of drug-likeness (QED) is 0.565. The van der Waals surface area contributed by atoms with Crippen LogP contribution in [0.5, 0.6) is 0 Å². The van der Waals surface area contributed by atoms with Gasteiger partial charge in [0, 0.05) is 5.41 Å².